The Morgan fingerprint density at radius 1 is 1.00 bits per heavy atom. The molecule has 0 amide bonds. The van der Waals surface area contributed by atoms with E-state index in [1.54, 1.807) is 30.3 Å². The molecule has 0 fully saturated rings. The maximum Gasteiger partial charge on any atom is 0.344 e. The average molecular weight is 356 g/mol. The Morgan fingerprint density at radius 3 is 2.46 bits per heavy atom. The Labute approximate surface area is 151 Å². The highest BCUT2D eigenvalue weighted by Gasteiger charge is 2.17. The van der Waals surface area contributed by atoms with Crippen molar-refractivity contribution in [3.8, 4) is 17.2 Å². The van der Waals surface area contributed by atoms with Crippen LogP contribution in [-0.2, 0) is 9.53 Å². The number of hydrogen-bond acceptors (Lipinski definition) is 6. The van der Waals surface area contributed by atoms with Gasteiger partial charge in [-0.25, -0.2) is 4.79 Å². The number of ether oxygens (including phenoxy) is 4. The van der Waals surface area contributed by atoms with Crippen LogP contribution in [0.2, 0.25) is 0 Å². The molecule has 0 spiro atoms. The molecule has 136 valence electrons. The number of hydrogen-bond donors (Lipinski definition) is 0. The summed E-state index contributed by atoms with van der Waals surface area (Å²) in [6.07, 6.45) is 0. The average Bonchev–Trinajstić information content (AvgIpc) is 3.12. The Balaban J connectivity index is 1.45. The summed E-state index contributed by atoms with van der Waals surface area (Å²) in [6.45, 7) is 3.73. The van der Waals surface area contributed by atoms with E-state index >= 15 is 0 Å². The summed E-state index contributed by atoms with van der Waals surface area (Å²) >= 11 is 0. The number of esters is 1. The third-order valence-electron chi connectivity index (χ3n) is 3.96. The molecular weight excluding hydrogens is 336 g/mol. The first-order valence-electron chi connectivity index (χ1n) is 8.34. The van der Waals surface area contributed by atoms with Crippen LogP contribution in [0.3, 0.4) is 0 Å². The molecule has 2 aromatic carbocycles. The first-order chi connectivity index (χ1) is 12.5. The summed E-state index contributed by atoms with van der Waals surface area (Å²) in [7, 11) is 0. The van der Waals surface area contributed by atoms with Gasteiger partial charge in [-0.15, -0.1) is 0 Å². The van der Waals surface area contributed by atoms with Crippen molar-refractivity contribution in [2.45, 2.75) is 19.8 Å². The monoisotopic (exact) mass is 356 g/mol. The minimum Gasteiger partial charge on any atom is -0.482 e. The van der Waals surface area contributed by atoms with Crippen LogP contribution in [0, 0.1) is 0 Å². The van der Waals surface area contributed by atoms with Crippen molar-refractivity contribution in [1.82, 2.24) is 0 Å². The summed E-state index contributed by atoms with van der Waals surface area (Å²) in [5, 5.41) is 0. The van der Waals surface area contributed by atoms with E-state index in [9.17, 15) is 9.59 Å². The summed E-state index contributed by atoms with van der Waals surface area (Å²) in [5.74, 6) is 1.18. The van der Waals surface area contributed by atoms with E-state index in [1.807, 2.05) is 12.1 Å². The molecule has 0 aromatic heterocycles. The molecule has 0 radical (unpaired) electrons. The fourth-order valence-electron chi connectivity index (χ4n) is 2.43. The number of ketones is 1. The Kier molecular flexibility index (Phi) is 5.41. The number of rotatable bonds is 7. The highest BCUT2D eigenvalue weighted by molar-refractivity contribution is 5.98. The van der Waals surface area contributed by atoms with E-state index in [4.69, 9.17) is 18.9 Å². The summed E-state index contributed by atoms with van der Waals surface area (Å²) < 4.78 is 20.8. The van der Waals surface area contributed by atoms with Gasteiger partial charge in [0, 0.05) is 5.56 Å². The van der Waals surface area contributed by atoms with Crippen LogP contribution in [0.15, 0.2) is 42.5 Å². The summed E-state index contributed by atoms with van der Waals surface area (Å²) in [4.78, 5) is 23.9. The second-order valence-corrected chi connectivity index (χ2v) is 6.16. The van der Waals surface area contributed by atoms with Crippen LogP contribution in [0.25, 0.3) is 0 Å². The van der Waals surface area contributed by atoms with Crippen molar-refractivity contribution >= 4 is 11.8 Å². The molecule has 6 heteroatoms. The molecule has 26 heavy (non-hydrogen) atoms. The first-order valence-corrected chi connectivity index (χ1v) is 8.34. The lowest BCUT2D eigenvalue weighted by Crippen LogP contribution is -2.19. The van der Waals surface area contributed by atoms with Crippen molar-refractivity contribution in [3.63, 3.8) is 0 Å². The van der Waals surface area contributed by atoms with Crippen LogP contribution >= 0.6 is 0 Å². The number of fused-ring (bicyclic) bond motifs is 1. The van der Waals surface area contributed by atoms with Gasteiger partial charge in [0.15, 0.2) is 30.5 Å². The lowest BCUT2D eigenvalue weighted by atomic mass is 10.0. The molecule has 0 saturated carbocycles. The van der Waals surface area contributed by atoms with E-state index < -0.39 is 5.97 Å². The number of Topliss-reactive ketones (excluding diaryl/α,β-unsaturated/α-hetero) is 1. The van der Waals surface area contributed by atoms with Gasteiger partial charge in [-0.1, -0.05) is 26.0 Å². The Hall–Kier alpha value is -3.02. The van der Waals surface area contributed by atoms with Gasteiger partial charge < -0.3 is 18.9 Å². The first kappa shape index (κ1) is 17.8. The molecule has 1 aliphatic rings. The molecular formula is C20H20O6. The minimum atomic E-state index is -0.605. The van der Waals surface area contributed by atoms with Gasteiger partial charge >= 0.3 is 5.97 Å². The lowest BCUT2D eigenvalue weighted by Gasteiger charge is -2.09. The standard InChI is InChI=1S/C20H20O6/c1-13(2)14-3-6-16(7-4-14)23-11-20(22)24-10-17(21)15-5-8-18-19(9-15)26-12-25-18/h3-9,13H,10-12H2,1-2H3. The van der Waals surface area contributed by atoms with Gasteiger partial charge in [0.1, 0.15) is 5.75 Å². The lowest BCUT2D eigenvalue weighted by molar-refractivity contribution is -0.144. The van der Waals surface area contributed by atoms with Gasteiger partial charge in [0.05, 0.1) is 0 Å². The molecule has 3 rings (SSSR count). The van der Waals surface area contributed by atoms with E-state index in [2.05, 4.69) is 13.8 Å². The zero-order valence-corrected chi connectivity index (χ0v) is 14.7. The van der Waals surface area contributed by atoms with Crippen LogP contribution in [0.1, 0.15) is 35.7 Å². The molecule has 1 heterocycles. The molecule has 0 bridgehead atoms. The largest absolute Gasteiger partial charge is 0.482 e. The number of carbonyl (C=O) groups is 2. The zero-order chi connectivity index (χ0) is 18.5. The van der Waals surface area contributed by atoms with Gasteiger partial charge in [-0.05, 0) is 41.8 Å². The number of carbonyl (C=O) groups excluding carboxylic acids is 2. The molecule has 1 aliphatic heterocycles. The third-order valence-corrected chi connectivity index (χ3v) is 3.96. The second-order valence-electron chi connectivity index (χ2n) is 6.16. The van der Waals surface area contributed by atoms with Crippen molar-refractivity contribution < 1.29 is 28.5 Å². The minimum absolute atomic E-state index is 0.136. The van der Waals surface area contributed by atoms with Crippen molar-refractivity contribution in [2.75, 3.05) is 20.0 Å². The predicted molar refractivity (Wildman–Crippen MR) is 93.9 cm³/mol. The SMILES string of the molecule is CC(C)c1ccc(OCC(=O)OCC(=O)c2ccc3c(c2)OCO3)cc1. The van der Waals surface area contributed by atoms with Gasteiger partial charge in [-0.3, -0.25) is 4.79 Å². The van der Waals surface area contributed by atoms with Crippen molar-refractivity contribution in [2.24, 2.45) is 0 Å². The van der Waals surface area contributed by atoms with Crippen molar-refractivity contribution in [1.29, 1.82) is 0 Å². The predicted octanol–water partition coefficient (Wildman–Crippen LogP) is 3.34. The molecule has 0 atom stereocenters. The quantitative estimate of drug-likeness (QED) is 0.560. The molecule has 0 unspecified atom stereocenters. The molecule has 6 nitrogen and oxygen atoms in total. The number of benzene rings is 2. The van der Waals surface area contributed by atoms with E-state index in [0.29, 0.717) is 28.7 Å². The van der Waals surface area contributed by atoms with Crippen LogP contribution < -0.4 is 14.2 Å². The highest BCUT2D eigenvalue weighted by atomic mass is 16.7. The fourth-order valence-corrected chi connectivity index (χ4v) is 2.43. The second kappa shape index (κ2) is 7.91. The highest BCUT2D eigenvalue weighted by Crippen LogP contribution is 2.32. The van der Waals surface area contributed by atoms with Gasteiger partial charge in [-0.2, -0.15) is 0 Å². The molecule has 0 N–H and O–H groups in total. The summed E-state index contributed by atoms with van der Waals surface area (Å²) in [6, 6.07) is 12.4. The zero-order valence-electron chi connectivity index (χ0n) is 14.7. The van der Waals surface area contributed by atoms with Crippen LogP contribution in [0.5, 0.6) is 17.2 Å². The smallest absolute Gasteiger partial charge is 0.344 e. The maximum absolute atomic E-state index is 12.1. The fraction of sp³-hybridized carbons (Fsp3) is 0.300. The molecule has 0 aliphatic carbocycles. The Morgan fingerprint density at radius 2 is 1.73 bits per heavy atom. The Bertz CT molecular complexity index is 794. The van der Waals surface area contributed by atoms with Gasteiger partial charge in [0.2, 0.25) is 6.79 Å². The maximum atomic E-state index is 12.1. The van der Waals surface area contributed by atoms with Crippen molar-refractivity contribution in [3.05, 3.63) is 53.6 Å². The molecule has 2 aromatic rings. The van der Waals surface area contributed by atoms with E-state index in [1.165, 1.54) is 5.56 Å². The van der Waals surface area contributed by atoms with Crippen LogP contribution in [-0.4, -0.2) is 31.8 Å². The normalized spacial score (nSPS) is 12.1. The van der Waals surface area contributed by atoms with E-state index in [0.717, 1.165) is 0 Å². The van der Waals surface area contributed by atoms with Crippen LogP contribution in [0.4, 0.5) is 0 Å². The topological polar surface area (TPSA) is 71.1 Å². The van der Waals surface area contributed by atoms with Gasteiger partial charge in [0.25, 0.3) is 0 Å². The summed E-state index contributed by atoms with van der Waals surface area (Å²) in [5.41, 5.74) is 1.58. The molecule has 0 saturated heterocycles. The van der Waals surface area contributed by atoms with E-state index in [-0.39, 0.29) is 25.8 Å². The third kappa shape index (κ3) is 4.33.